The van der Waals surface area contributed by atoms with Crippen LogP contribution >= 0.6 is 0 Å². The first-order chi connectivity index (χ1) is 18.1. The van der Waals surface area contributed by atoms with E-state index in [2.05, 4.69) is 95.7 Å². The summed E-state index contributed by atoms with van der Waals surface area (Å²) in [6, 6.07) is 29.6. The van der Waals surface area contributed by atoms with Gasteiger partial charge in [-0.25, -0.2) is 0 Å². The number of hydrogen-bond donors (Lipinski definition) is 1. The van der Waals surface area contributed by atoms with Gasteiger partial charge in [0.1, 0.15) is 0 Å². The lowest BCUT2D eigenvalue weighted by Gasteiger charge is -2.47. The summed E-state index contributed by atoms with van der Waals surface area (Å²) in [6.45, 7) is 8.66. The van der Waals surface area contributed by atoms with E-state index in [4.69, 9.17) is 0 Å². The number of hydrogen-bond acceptors (Lipinski definition) is 3. The normalized spacial score (nSPS) is 17.6. The molecule has 2 aliphatic rings. The standard InChI is InChI=1S/C33H35N3O/c1-3-12-26(2)36-32(37)24-31(33(36)19-21-35(22-20-33)25-28-15-8-5-9-16-28)34-30-18-11-10-17-29(30)23-27-13-6-4-7-14-27/h3-18,24,34H,1,19-23,25H2,2H3/b26-12+. The molecule has 0 unspecified atom stereocenters. The van der Waals surface area contributed by atoms with Gasteiger partial charge in [0.25, 0.3) is 5.91 Å². The van der Waals surface area contributed by atoms with Crippen molar-refractivity contribution < 1.29 is 4.79 Å². The maximum atomic E-state index is 13.4. The van der Waals surface area contributed by atoms with Crippen LogP contribution in [0.5, 0.6) is 0 Å². The molecule has 2 aliphatic heterocycles. The summed E-state index contributed by atoms with van der Waals surface area (Å²) in [4.78, 5) is 17.9. The Morgan fingerprint density at radius 2 is 1.54 bits per heavy atom. The van der Waals surface area contributed by atoms with Crippen LogP contribution in [0.15, 0.2) is 121 Å². The van der Waals surface area contributed by atoms with E-state index < -0.39 is 5.54 Å². The van der Waals surface area contributed by atoms with Crippen LogP contribution in [0.3, 0.4) is 0 Å². The van der Waals surface area contributed by atoms with Gasteiger partial charge in [-0.05, 0) is 55.0 Å². The summed E-state index contributed by atoms with van der Waals surface area (Å²) in [6.07, 6.45) is 8.09. The minimum Gasteiger partial charge on any atom is -0.357 e. The lowest BCUT2D eigenvalue weighted by molar-refractivity contribution is -0.127. The minimum absolute atomic E-state index is 0.0372. The Labute approximate surface area is 220 Å². The first-order valence-corrected chi connectivity index (χ1v) is 13.1. The minimum atomic E-state index is -0.395. The second kappa shape index (κ2) is 11.0. The molecule has 1 fully saturated rings. The van der Waals surface area contributed by atoms with E-state index in [0.717, 1.165) is 56.0 Å². The number of carbonyl (C=O) groups is 1. The number of carbonyl (C=O) groups excluding carboxylic acids is 1. The second-order valence-electron chi connectivity index (χ2n) is 10.0. The Hall–Kier alpha value is -3.89. The van der Waals surface area contributed by atoms with Gasteiger partial charge < -0.3 is 10.2 Å². The van der Waals surface area contributed by atoms with E-state index >= 15 is 0 Å². The number of nitrogens with zero attached hydrogens (tertiary/aromatic N) is 2. The van der Waals surface area contributed by atoms with E-state index in [0.29, 0.717) is 0 Å². The Balaban J connectivity index is 1.42. The molecular weight excluding hydrogens is 454 g/mol. The third-order valence-electron chi connectivity index (χ3n) is 7.59. The quantitative estimate of drug-likeness (QED) is 0.365. The number of allylic oxidation sites excluding steroid dienone is 3. The molecule has 0 aromatic heterocycles. The van der Waals surface area contributed by atoms with Crippen LogP contribution < -0.4 is 5.32 Å². The van der Waals surface area contributed by atoms with Gasteiger partial charge in [0.2, 0.25) is 0 Å². The highest BCUT2D eigenvalue weighted by Crippen LogP contribution is 2.43. The summed E-state index contributed by atoms with van der Waals surface area (Å²) in [7, 11) is 0. The molecule has 188 valence electrons. The Morgan fingerprint density at radius 3 is 2.22 bits per heavy atom. The van der Waals surface area contributed by atoms with Gasteiger partial charge >= 0.3 is 0 Å². The van der Waals surface area contributed by atoms with Gasteiger partial charge in [0.15, 0.2) is 0 Å². The number of para-hydroxylation sites is 1. The van der Waals surface area contributed by atoms with Crippen molar-refractivity contribution in [1.82, 2.24) is 9.80 Å². The van der Waals surface area contributed by atoms with Crippen molar-refractivity contribution in [2.75, 3.05) is 18.4 Å². The van der Waals surface area contributed by atoms with E-state index in [-0.39, 0.29) is 5.91 Å². The van der Waals surface area contributed by atoms with Crippen LogP contribution in [-0.2, 0) is 17.8 Å². The van der Waals surface area contributed by atoms with Crippen molar-refractivity contribution in [3.63, 3.8) is 0 Å². The fraction of sp³-hybridized carbons (Fsp3) is 0.242. The molecule has 0 radical (unpaired) electrons. The Morgan fingerprint density at radius 1 is 0.919 bits per heavy atom. The summed E-state index contributed by atoms with van der Waals surface area (Å²) in [5.74, 6) is 0.0372. The van der Waals surface area contributed by atoms with Crippen LogP contribution in [0.2, 0.25) is 0 Å². The fourth-order valence-corrected chi connectivity index (χ4v) is 5.74. The SMILES string of the molecule is C=C/C=C(\C)N1C(=O)C=C(Nc2ccccc2Cc2ccccc2)C12CCN(Cc1ccccc1)CC2. The maximum absolute atomic E-state index is 13.4. The topological polar surface area (TPSA) is 35.6 Å². The molecule has 0 bridgehead atoms. The van der Waals surface area contributed by atoms with Crippen molar-refractivity contribution >= 4 is 11.6 Å². The number of likely N-dealkylation sites (tertiary alicyclic amines) is 1. The monoisotopic (exact) mass is 489 g/mol. The fourth-order valence-electron chi connectivity index (χ4n) is 5.74. The molecular formula is C33H35N3O. The summed E-state index contributed by atoms with van der Waals surface area (Å²) in [5.41, 5.74) is 6.40. The number of benzene rings is 3. The molecule has 2 heterocycles. The molecule has 0 saturated carbocycles. The van der Waals surface area contributed by atoms with E-state index in [1.807, 2.05) is 30.0 Å². The molecule has 1 spiro atoms. The van der Waals surface area contributed by atoms with Crippen molar-refractivity contribution in [2.45, 2.75) is 38.3 Å². The van der Waals surface area contributed by atoms with Gasteiger partial charge in [-0.1, -0.05) is 91.5 Å². The number of rotatable bonds is 8. The van der Waals surface area contributed by atoms with E-state index in [9.17, 15) is 4.79 Å². The Bertz CT molecular complexity index is 1300. The zero-order valence-electron chi connectivity index (χ0n) is 21.6. The lowest BCUT2D eigenvalue weighted by Crippen LogP contribution is -2.55. The zero-order chi connectivity index (χ0) is 25.7. The van der Waals surface area contributed by atoms with Crippen molar-refractivity contribution in [3.8, 4) is 0 Å². The maximum Gasteiger partial charge on any atom is 0.253 e. The molecule has 5 rings (SSSR count). The predicted octanol–water partition coefficient (Wildman–Crippen LogP) is 6.54. The summed E-state index contributed by atoms with van der Waals surface area (Å²) < 4.78 is 0. The summed E-state index contributed by atoms with van der Waals surface area (Å²) in [5, 5.41) is 3.74. The van der Waals surface area contributed by atoms with Gasteiger partial charge in [-0.3, -0.25) is 9.69 Å². The van der Waals surface area contributed by atoms with Gasteiger partial charge in [0, 0.05) is 42.8 Å². The van der Waals surface area contributed by atoms with Gasteiger partial charge in [0.05, 0.1) is 5.54 Å². The number of nitrogens with one attached hydrogen (secondary N) is 1. The molecule has 0 atom stereocenters. The third kappa shape index (κ3) is 5.30. The molecule has 1 N–H and O–H groups in total. The molecule has 0 aliphatic carbocycles. The molecule has 3 aromatic carbocycles. The molecule has 1 saturated heterocycles. The lowest BCUT2D eigenvalue weighted by atomic mass is 9.83. The molecule has 37 heavy (non-hydrogen) atoms. The van der Waals surface area contributed by atoms with Crippen LogP contribution in [-0.4, -0.2) is 34.3 Å². The average Bonchev–Trinajstić information content (AvgIpc) is 3.18. The molecule has 4 heteroatoms. The highest BCUT2D eigenvalue weighted by Gasteiger charge is 2.50. The average molecular weight is 490 g/mol. The van der Waals surface area contributed by atoms with Gasteiger partial charge in [-0.2, -0.15) is 0 Å². The van der Waals surface area contributed by atoms with Crippen molar-refractivity contribution in [3.05, 3.63) is 138 Å². The van der Waals surface area contributed by atoms with E-state index in [1.54, 1.807) is 6.08 Å². The second-order valence-corrected chi connectivity index (χ2v) is 10.0. The highest BCUT2D eigenvalue weighted by atomic mass is 16.2. The largest absolute Gasteiger partial charge is 0.357 e. The summed E-state index contributed by atoms with van der Waals surface area (Å²) >= 11 is 0. The first-order valence-electron chi connectivity index (χ1n) is 13.1. The predicted molar refractivity (Wildman–Crippen MR) is 152 cm³/mol. The zero-order valence-corrected chi connectivity index (χ0v) is 21.6. The van der Waals surface area contributed by atoms with Crippen molar-refractivity contribution in [1.29, 1.82) is 0 Å². The van der Waals surface area contributed by atoms with Gasteiger partial charge in [-0.15, -0.1) is 0 Å². The molecule has 3 aromatic rings. The van der Waals surface area contributed by atoms with Crippen LogP contribution in [0.1, 0.15) is 36.5 Å². The van der Waals surface area contributed by atoms with E-state index in [1.165, 1.54) is 16.7 Å². The number of piperidine rings is 1. The number of amides is 1. The third-order valence-corrected chi connectivity index (χ3v) is 7.59. The van der Waals surface area contributed by atoms with Crippen LogP contribution in [0, 0.1) is 0 Å². The number of anilines is 1. The Kier molecular flexibility index (Phi) is 7.38. The van der Waals surface area contributed by atoms with Crippen LogP contribution in [0.4, 0.5) is 5.69 Å². The highest BCUT2D eigenvalue weighted by molar-refractivity contribution is 5.95. The van der Waals surface area contributed by atoms with Crippen LogP contribution in [0.25, 0.3) is 0 Å². The first kappa shape index (κ1) is 24.8. The molecule has 1 amide bonds. The smallest absolute Gasteiger partial charge is 0.253 e. The molecule has 4 nitrogen and oxygen atoms in total. The van der Waals surface area contributed by atoms with Crippen molar-refractivity contribution in [2.24, 2.45) is 0 Å².